The minimum absolute atomic E-state index is 0.267. The Morgan fingerprint density at radius 1 is 1.18 bits per heavy atom. The van der Waals surface area contributed by atoms with Crippen molar-refractivity contribution in [1.82, 2.24) is 15.3 Å². The van der Waals surface area contributed by atoms with Crippen molar-refractivity contribution in [3.8, 4) is 5.75 Å². The molecular weight excluding hydrogens is 274 g/mol. The van der Waals surface area contributed by atoms with Gasteiger partial charge in [0, 0.05) is 36.6 Å². The van der Waals surface area contributed by atoms with E-state index < -0.39 is 0 Å². The summed E-state index contributed by atoms with van der Waals surface area (Å²) in [5.74, 6) is 0.799. The molecule has 2 N–H and O–H groups in total. The molecule has 0 aliphatic heterocycles. The van der Waals surface area contributed by atoms with Crippen molar-refractivity contribution in [2.45, 2.75) is 51.1 Å². The molecule has 22 heavy (non-hydrogen) atoms. The van der Waals surface area contributed by atoms with Crippen LogP contribution in [0.5, 0.6) is 5.75 Å². The van der Waals surface area contributed by atoms with Gasteiger partial charge in [-0.2, -0.15) is 0 Å². The average molecular weight is 297 g/mol. The second kappa shape index (κ2) is 6.88. The van der Waals surface area contributed by atoms with Crippen LogP contribution < -0.4 is 5.32 Å². The fraction of sp³-hybridized carbons (Fsp3) is 0.444. The standard InChI is InChI=1S/C18H23N3O/c1-13-5-3-10-20-18(13)14-6-2-7-15(11-14)21-12-16-17(22)8-4-9-19-16/h3-5,8-10,14-15,21-22H,2,6-7,11-12H2,1H3/t14-,15-/m0/s1. The maximum absolute atomic E-state index is 9.79. The maximum Gasteiger partial charge on any atom is 0.138 e. The van der Waals surface area contributed by atoms with Crippen molar-refractivity contribution in [2.75, 3.05) is 0 Å². The number of pyridine rings is 2. The number of hydrogen-bond acceptors (Lipinski definition) is 4. The van der Waals surface area contributed by atoms with Gasteiger partial charge in [0.25, 0.3) is 0 Å². The van der Waals surface area contributed by atoms with E-state index in [0.717, 1.165) is 12.1 Å². The van der Waals surface area contributed by atoms with Crippen LogP contribution in [0.25, 0.3) is 0 Å². The second-order valence-electron chi connectivity index (χ2n) is 6.12. The van der Waals surface area contributed by atoms with E-state index in [9.17, 15) is 5.11 Å². The highest BCUT2D eigenvalue weighted by Gasteiger charge is 2.25. The Morgan fingerprint density at radius 3 is 2.82 bits per heavy atom. The molecule has 0 bridgehead atoms. The van der Waals surface area contributed by atoms with Gasteiger partial charge in [0.2, 0.25) is 0 Å². The van der Waals surface area contributed by atoms with Crippen LogP contribution in [0.3, 0.4) is 0 Å². The van der Waals surface area contributed by atoms with E-state index in [-0.39, 0.29) is 5.75 Å². The molecular formula is C18H23N3O. The van der Waals surface area contributed by atoms with Crippen LogP contribution in [0.1, 0.15) is 48.6 Å². The van der Waals surface area contributed by atoms with Gasteiger partial charge in [-0.05, 0) is 49.9 Å². The zero-order valence-electron chi connectivity index (χ0n) is 13.0. The van der Waals surface area contributed by atoms with E-state index in [2.05, 4.69) is 28.3 Å². The number of nitrogens with one attached hydrogen (secondary N) is 1. The van der Waals surface area contributed by atoms with Crippen molar-refractivity contribution in [3.63, 3.8) is 0 Å². The van der Waals surface area contributed by atoms with Crippen molar-refractivity contribution in [3.05, 3.63) is 53.6 Å². The highest BCUT2D eigenvalue weighted by atomic mass is 16.3. The third-order valence-electron chi connectivity index (χ3n) is 4.54. The summed E-state index contributed by atoms with van der Waals surface area (Å²) in [5, 5.41) is 13.3. The van der Waals surface area contributed by atoms with Gasteiger partial charge in [-0.3, -0.25) is 9.97 Å². The summed E-state index contributed by atoms with van der Waals surface area (Å²) < 4.78 is 0. The number of nitrogens with zero attached hydrogens (tertiary/aromatic N) is 2. The topological polar surface area (TPSA) is 58.0 Å². The predicted octanol–water partition coefficient (Wildman–Crippen LogP) is 3.31. The molecule has 0 saturated heterocycles. The normalized spacial score (nSPS) is 21.7. The van der Waals surface area contributed by atoms with Crippen LogP contribution in [0.15, 0.2) is 36.7 Å². The number of rotatable bonds is 4. The first-order valence-electron chi connectivity index (χ1n) is 8.02. The summed E-state index contributed by atoms with van der Waals surface area (Å²) in [6.45, 7) is 2.76. The van der Waals surface area contributed by atoms with Crippen LogP contribution in [0.4, 0.5) is 0 Å². The summed E-state index contributed by atoms with van der Waals surface area (Å²) in [6.07, 6.45) is 8.32. The lowest BCUT2D eigenvalue weighted by molar-refractivity contribution is 0.331. The molecule has 2 aromatic heterocycles. The fourth-order valence-corrected chi connectivity index (χ4v) is 3.36. The zero-order chi connectivity index (χ0) is 15.4. The maximum atomic E-state index is 9.79. The molecule has 3 rings (SSSR count). The largest absolute Gasteiger partial charge is 0.506 e. The minimum atomic E-state index is 0.267. The molecule has 1 aliphatic carbocycles. The molecule has 2 heterocycles. The number of aromatic hydroxyl groups is 1. The molecule has 0 aromatic carbocycles. The van der Waals surface area contributed by atoms with Crippen molar-refractivity contribution in [2.24, 2.45) is 0 Å². The molecule has 4 heteroatoms. The quantitative estimate of drug-likeness (QED) is 0.909. The molecule has 0 spiro atoms. The van der Waals surface area contributed by atoms with Crippen molar-refractivity contribution < 1.29 is 5.11 Å². The highest BCUT2D eigenvalue weighted by molar-refractivity contribution is 5.25. The molecule has 116 valence electrons. The van der Waals surface area contributed by atoms with E-state index in [0.29, 0.717) is 18.5 Å². The van der Waals surface area contributed by atoms with E-state index in [1.54, 1.807) is 18.3 Å². The lowest BCUT2D eigenvalue weighted by atomic mass is 9.82. The molecule has 0 unspecified atom stereocenters. The third kappa shape index (κ3) is 3.45. The van der Waals surface area contributed by atoms with Gasteiger partial charge >= 0.3 is 0 Å². The van der Waals surface area contributed by atoms with Crippen LogP contribution >= 0.6 is 0 Å². The smallest absolute Gasteiger partial charge is 0.138 e. The SMILES string of the molecule is Cc1cccnc1[C@H]1CCC[C@H](NCc2ncccc2O)C1. The first-order valence-corrected chi connectivity index (χ1v) is 8.02. The Morgan fingerprint density at radius 2 is 2.00 bits per heavy atom. The van der Waals surface area contributed by atoms with E-state index in [1.165, 1.54) is 30.5 Å². The van der Waals surface area contributed by atoms with Crippen molar-refractivity contribution >= 4 is 0 Å². The van der Waals surface area contributed by atoms with Crippen LogP contribution in [-0.4, -0.2) is 21.1 Å². The third-order valence-corrected chi connectivity index (χ3v) is 4.54. The summed E-state index contributed by atoms with van der Waals surface area (Å²) >= 11 is 0. The predicted molar refractivity (Wildman–Crippen MR) is 86.7 cm³/mol. The lowest BCUT2D eigenvalue weighted by Crippen LogP contribution is -2.33. The average Bonchev–Trinajstić information content (AvgIpc) is 2.55. The Bertz CT molecular complexity index is 629. The Balaban J connectivity index is 1.62. The summed E-state index contributed by atoms with van der Waals surface area (Å²) in [6, 6.07) is 8.04. The van der Waals surface area contributed by atoms with E-state index in [1.807, 2.05) is 12.3 Å². The minimum Gasteiger partial charge on any atom is -0.506 e. The van der Waals surface area contributed by atoms with Gasteiger partial charge < -0.3 is 10.4 Å². The molecule has 1 saturated carbocycles. The Hall–Kier alpha value is -1.94. The zero-order valence-corrected chi connectivity index (χ0v) is 13.0. The van der Waals surface area contributed by atoms with Gasteiger partial charge in [-0.1, -0.05) is 12.5 Å². The van der Waals surface area contributed by atoms with E-state index >= 15 is 0 Å². The first-order chi connectivity index (χ1) is 10.7. The van der Waals surface area contributed by atoms with Gasteiger partial charge in [-0.15, -0.1) is 0 Å². The number of aromatic nitrogens is 2. The molecule has 0 radical (unpaired) electrons. The Kier molecular flexibility index (Phi) is 4.68. The van der Waals surface area contributed by atoms with Crippen LogP contribution in [-0.2, 0) is 6.54 Å². The summed E-state index contributed by atoms with van der Waals surface area (Å²) in [4.78, 5) is 8.82. The molecule has 4 nitrogen and oxygen atoms in total. The molecule has 2 aromatic rings. The van der Waals surface area contributed by atoms with Gasteiger partial charge in [0.1, 0.15) is 5.75 Å². The monoisotopic (exact) mass is 297 g/mol. The number of hydrogen-bond donors (Lipinski definition) is 2. The molecule has 0 amide bonds. The van der Waals surface area contributed by atoms with Crippen LogP contribution in [0.2, 0.25) is 0 Å². The summed E-state index contributed by atoms with van der Waals surface area (Å²) in [5.41, 5.74) is 3.25. The van der Waals surface area contributed by atoms with Gasteiger partial charge in [0.15, 0.2) is 0 Å². The van der Waals surface area contributed by atoms with E-state index in [4.69, 9.17) is 0 Å². The van der Waals surface area contributed by atoms with Crippen LogP contribution in [0, 0.1) is 6.92 Å². The van der Waals surface area contributed by atoms with Gasteiger partial charge in [-0.25, -0.2) is 0 Å². The first kappa shape index (κ1) is 15.0. The van der Waals surface area contributed by atoms with Crippen molar-refractivity contribution in [1.29, 1.82) is 0 Å². The molecule has 1 fully saturated rings. The number of aryl methyl sites for hydroxylation is 1. The molecule has 1 aliphatic rings. The second-order valence-corrected chi connectivity index (χ2v) is 6.12. The Labute approximate surface area is 131 Å². The lowest BCUT2D eigenvalue weighted by Gasteiger charge is -2.30. The van der Waals surface area contributed by atoms with Gasteiger partial charge in [0.05, 0.1) is 5.69 Å². The highest BCUT2D eigenvalue weighted by Crippen LogP contribution is 2.33. The molecule has 2 atom stereocenters. The fourth-order valence-electron chi connectivity index (χ4n) is 3.36. The summed E-state index contributed by atoms with van der Waals surface area (Å²) in [7, 11) is 0.